The molecule has 0 aliphatic heterocycles. The van der Waals surface area contributed by atoms with Gasteiger partial charge in [-0.2, -0.15) is 0 Å². The summed E-state index contributed by atoms with van der Waals surface area (Å²) >= 11 is 4.74. The van der Waals surface area contributed by atoms with Crippen LogP contribution in [0.4, 0.5) is 14.5 Å². The molecule has 0 aromatic heterocycles. The number of likely N-dealkylation sites (N-methyl/N-ethyl adjacent to an activating group) is 1. The van der Waals surface area contributed by atoms with Crippen molar-refractivity contribution in [2.45, 2.75) is 6.42 Å². The zero-order chi connectivity index (χ0) is 15.4. The maximum atomic E-state index is 14.1. The molecule has 0 saturated heterocycles. The molecule has 0 atom stereocenters. The first-order valence-corrected chi connectivity index (χ1v) is 6.93. The van der Waals surface area contributed by atoms with E-state index in [4.69, 9.17) is 18.0 Å². The zero-order valence-electron chi connectivity index (χ0n) is 11.6. The van der Waals surface area contributed by atoms with Gasteiger partial charge in [0, 0.05) is 19.2 Å². The number of nitrogens with zero attached hydrogens (tertiary/aromatic N) is 1. The van der Waals surface area contributed by atoms with Crippen LogP contribution in [0.2, 0.25) is 0 Å². The van der Waals surface area contributed by atoms with Gasteiger partial charge in [0.15, 0.2) is 0 Å². The van der Waals surface area contributed by atoms with E-state index in [0.717, 1.165) is 5.56 Å². The highest BCUT2D eigenvalue weighted by Gasteiger charge is 2.16. The highest BCUT2D eigenvalue weighted by Crippen LogP contribution is 2.24. The molecule has 0 aliphatic carbocycles. The summed E-state index contributed by atoms with van der Waals surface area (Å²) in [7, 11) is 1.66. The van der Waals surface area contributed by atoms with Gasteiger partial charge >= 0.3 is 0 Å². The summed E-state index contributed by atoms with van der Waals surface area (Å²) in [4.78, 5) is 1.53. The second kappa shape index (κ2) is 6.63. The number of benzene rings is 2. The van der Waals surface area contributed by atoms with E-state index in [9.17, 15) is 8.78 Å². The topological polar surface area (TPSA) is 29.3 Å². The van der Waals surface area contributed by atoms with E-state index >= 15 is 0 Å². The van der Waals surface area contributed by atoms with E-state index in [2.05, 4.69) is 0 Å². The van der Waals surface area contributed by atoms with Crippen LogP contribution in [0.25, 0.3) is 0 Å². The summed E-state index contributed by atoms with van der Waals surface area (Å²) in [6.45, 7) is 0.504. The average molecular weight is 306 g/mol. The van der Waals surface area contributed by atoms with Crippen molar-refractivity contribution in [1.29, 1.82) is 0 Å². The van der Waals surface area contributed by atoms with Gasteiger partial charge in [-0.3, -0.25) is 0 Å². The molecule has 0 bridgehead atoms. The smallest absolute Gasteiger partial charge is 0.150 e. The third-order valence-electron chi connectivity index (χ3n) is 3.26. The molecule has 0 amide bonds. The van der Waals surface area contributed by atoms with Crippen molar-refractivity contribution in [1.82, 2.24) is 0 Å². The van der Waals surface area contributed by atoms with Gasteiger partial charge in [-0.05, 0) is 24.1 Å². The molecular weight excluding hydrogens is 290 g/mol. The number of nitrogens with two attached hydrogens (primary N) is 1. The molecule has 0 fully saturated rings. The van der Waals surface area contributed by atoms with Crippen LogP contribution in [-0.4, -0.2) is 18.6 Å². The molecule has 2 aromatic carbocycles. The van der Waals surface area contributed by atoms with Crippen LogP contribution in [0.1, 0.15) is 11.1 Å². The van der Waals surface area contributed by atoms with Gasteiger partial charge in [-0.1, -0.05) is 42.5 Å². The third-order valence-corrected chi connectivity index (χ3v) is 3.50. The lowest BCUT2D eigenvalue weighted by Gasteiger charge is -2.21. The third kappa shape index (κ3) is 3.76. The largest absolute Gasteiger partial charge is 0.389 e. The normalized spacial score (nSPS) is 10.4. The van der Waals surface area contributed by atoms with Crippen molar-refractivity contribution in [2.75, 3.05) is 18.5 Å². The van der Waals surface area contributed by atoms with E-state index in [1.165, 1.54) is 12.1 Å². The van der Waals surface area contributed by atoms with Gasteiger partial charge in [0.05, 0.1) is 0 Å². The van der Waals surface area contributed by atoms with Crippen LogP contribution in [0.3, 0.4) is 0 Å². The predicted octanol–water partition coefficient (Wildman–Crippen LogP) is 3.28. The second-order valence-electron chi connectivity index (χ2n) is 4.81. The minimum atomic E-state index is -0.659. The van der Waals surface area contributed by atoms with Gasteiger partial charge in [-0.15, -0.1) is 0 Å². The van der Waals surface area contributed by atoms with E-state index in [1.807, 2.05) is 30.3 Å². The zero-order valence-corrected chi connectivity index (χ0v) is 12.5. The number of anilines is 1. The van der Waals surface area contributed by atoms with Crippen molar-refractivity contribution in [3.05, 3.63) is 65.2 Å². The fourth-order valence-corrected chi connectivity index (χ4v) is 2.24. The molecule has 21 heavy (non-hydrogen) atoms. The Bertz CT molecular complexity index is 621. The number of thiocarbonyl (C=S) groups is 1. The quantitative estimate of drug-likeness (QED) is 0.860. The van der Waals surface area contributed by atoms with Gasteiger partial charge in [0.2, 0.25) is 0 Å². The summed E-state index contributed by atoms with van der Waals surface area (Å²) in [5.41, 5.74) is 6.64. The summed E-state index contributed by atoms with van der Waals surface area (Å²) in [6.07, 6.45) is 0.702. The Balaban J connectivity index is 2.16. The highest BCUT2D eigenvalue weighted by molar-refractivity contribution is 7.80. The molecule has 0 radical (unpaired) electrons. The molecule has 110 valence electrons. The molecule has 0 heterocycles. The van der Waals surface area contributed by atoms with Crippen molar-refractivity contribution < 1.29 is 8.78 Å². The van der Waals surface area contributed by atoms with Crippen LogP contribution in [0.15, 0.2) is 42.5 Å². The number of rotatable bonds is 5. The standard InChI is InChI=1S/C16H16F2N2S/c1-20(8-7-11-5-3-2-4-6-11)15-13(17)9-12(16(19)21)10-14(15)18/h2-6,9-10H,7-8H2,1H3,(H2,19,21). The lowest BCUT2D eigenvalue weighted by molar-refractivity contribution is 0.576. The highest BCUT2D eigenvalue weighted by atomic mass is 32.1. The molecule has 2 rings (SSSR count). The first-order valence-electron chi connectivity index (χ1n) is 6.53. The maximum absolute atomic E-state index is 14.1. The number of hydrogen-bond acceptors (Lipinski definition) is 2. The first kappa shape index (κ1) is 15.4. The van der Waals surface area contributed by atoms with Crippen LogP contribution >= 0.6 is 12.2 Å². The Labute approximate surface area is 128 Å². The number of hydrogen-bond donors (Lipinski definition) is 1. The van der Waals surface area contributed by atoms with E-state index in [0.29, 0.717) is 13.0 Å². The van der Waals surface area contributed by atoms with E-state index in [-0.39, 0.29) is 16.2 Å². The van der Waals surface area contributed by atoms with Crippen molar-refractivity contribution in [2.24, 2.45) is 5.73 Å². The fraction of sp³-hybridized carbons (Fsp3) is 0.188. The van der Waals surface area contributed by atoms with E-state index in [1.54, 1.807) is 11.9 Å². The molecule has 2 nitrogen and oxygen atoms in total. The Kier molecular flexibility index (Phi) is 4.85. The monoisotopic (exact) mass is 306 g/mol. The molecule has 5 heteroatoms. The van der Waals surface area contributed by atoms with Crippen LogP contribution in [0.5, 0.6) is 0 Å². The fourth-order valence-electron chi connectivity index (χ4n) is 2.13. The Hall–Kier alpha value is -2.01. The first-order chi connectivity index (χ1) is 9.99. The van der Waals surface area contributed by atoms with Crippen molar-refractivity contribution >= 4 is 22.9 Å². The average Bonchev–Trinajstić information content (AvgIpc) is 2.45. The minimum Gasteiger partial charge on any atom is -0.389 e. The Morgan fingerprint density at radius 2 is 1.71 bits per heavy atom. The SMILES string of the molecule is CN(CCc1ccccc1)c1c(F)cc(C(N)=S)cc1F. The molecule has 2 N–H and O–H groups in total. The molecule has 0 unspecified atom stereocenters. The molecular formula is C16H16F2N2S. The molecule has 0 saturated carbocycles. The second-order valence-corrected chi connectivity index (χ2v) is 5.25. The van der Waals surface area contributed by atoms with Crippen LogP contribution in [-0.2, 0) is 6.42 Å². The number of halogens is 2. The molecule has 0 spiro atoms. The van der Waals surface area contributed by atoms with Gasteiger partial charge in [-0.25, -0.2) is 8.78 Å². The Morgan fingerprint density at radius 3 is 2.24 bits per heavy atom. The van der Waals surface area contributed by atoms with Crippen LogP contribution in [0, 0.1) is 11.6 Å². The minimum absolute atomic E-state index is 0.0220. The maximum Gasteiger partial charge on any atom is 0.150 e. The van der Waals surface area contributed by atoms with Gasteiger partial charge in [0.1, 0.15) is 22.3 Å². The van der Waals surface area contributed by atoms with Crippen molar-refractivity contribution in [3.8, 4) is 0 Å². The lowest BCUT2D eigenvalue weighted by atomic mass is 10.1. The Morgan fingerprint density at radius 1 is 1.14 bits per heavy atom. The van der Waals surface area contributed by atoms with Gasteiger partial charge in [0.25, 0.3) is 0 Å². The molecule has 2 aromatic rings. The summed E-state index contributed by atoms with van der Waals surface area (Å²) < 4.78 is 28.1. The molecule has 0 aliphatic rings. The lowest BCUT2D eigenvalue weighted by Crippen LogP contribution is -2.23. The van der Waals surface area contributed by atoms with Crippen molar-refractivity contribution in [3.63, 3.8) is 0 Å². The summed E-state index contributed by atoms with van der Waals surface area (Å²) in [5, 5.41) is 0. The van der Waals surface area contributed by atoms with Gasteiger partial charge < -0.3 is 10.6 Å². The summed E-state index contributed by atoms with van der Waals surface area (Å²) in [5.74, 6) is -1.32. The predicted molar refractivity (Wildman–Crippen MR) is 85.7 cm³/mol. The summed E-state index contributed by atoms with van der Waals surface area (Å²) in [6, 6.07) is 12.1. The van der Waals surface area contributed by atoms with Crippen LogP contribution < -0.4 is 10.6 Å². The van der Waals surface area contributed by atoms with E-state index < -0.39 is 11.6 Å².